The van der Waals surface area contributed by atoms with E-state index in [2.05, 4.69) is 16.9 Å². The number of carbonyl (C=O) groups is 1. The molecule has 0 saturated carbocycles. The monoisotopic (exact) mass is 335 g/mol. The van der Waals surface area contributed by atoms with Crippen LogP contribution in [0.2, 0.25) is 5.02 Å². The van der Waals surface area contributed by atoms with E-state index >= 15 is 0 Å². The van der Waals surface area contributed by atoms with E-state index in [-0.39, 0.29) is 5.91 Å². The van der Waals surface area contributed by atoms with Crippen LogP contribution >= 0.6 is 22.9 Å². The third-order valence-corrected chi connectivity index (χ3v) is 5.39. The molecular formula is C16H18ClN3OS. The standard InChI is InChI=1S/C16H18ClN3OS/c1-11-14(16(21)20-9-7-19(2)8-10-20)22-15(18-11)12-5-3-4-6-13(12)17/h3-6H,7-10H2,1-2H3. The number of carbonyl (C=O) groups excluding carboxylic acids is 1. The fourth-order valence-electron chi connectivity index (χ4n) is 2.50. The van der Waals surface area contributed by atoms with Crippen molar-refractivity contribution < 1.29 is 4.79 Å². The summed E-state index contributed by atoms with van der Waals surface area (Å²) in [5.74, 6) is 0.0846. The summed E-state index contributed by atoms with van der Waals surface area (Å²) in [5, 5.41) is 1.47. The molecule has 0 radical (unpaired) electrons. The van der Waals surface area contributed by atoms with Gasteiger partial charge in [-0.1, -0.05) is 29.8 Å². The third-order valence-electron chi connectivity index (χ3n) is 3.89. The van der Waals surface area contributed by atoms with Gasteiger partial charge in [0.1, 0.15) is 9.88 Å². The molecule has 4 nitrogen and oxygen atoms in total. The predicted octanol–water partition coefficient (Wildman–Crippen LogP) is 3.16. The summed E-state index contributed by atoms with van der Waals surface area (Å²) in [6, 6.07) is 7.60. The van der Waals surface area contributed by atoms with Crippen molar-refractivity contribution in [3.8, 4) is 10.6 Å². The molecule has 1 saturated heterocycles. The lowest BCUT2D eigenvalue weighted by Crippen LogP contribution is -2.47. The zero-order valence-corrected chi connectivity index (χ0v) is 14.2. The van der Waals surface area contributed by atoms with E-state index in [0.29, 0.717) is 5.02 Å². The lowest BCUT2D eigenvalue weighted by molar-refractivity contribution is 0.0668. The van der Waals surface area contributed by atoms with Gasteiger partial charge in [-0.25, -0.2) is 4.98 Å². The number of aryl methyl sites for hydroxylation is 1. The molecular weight excluding hydrogens is 318 g/mol. The second-order valence-corrected chi connectivity index (χ2v) is 6.92. The number of amides is 1. The van der Waals surface area contributed by atoms with Crippen LogP contribution in [0, 0.1) is 6.92 Å². The van der Waals surface area contributed by atoms with Gasteiger partial charge < -0.3 is 9.80 Å². The Morgan fingerprint density at radius 1 is 1.23 bits per heavy atom. The number of thiazole rings is 1. The van der Waals surface area contributed by atoms with Gasteiger partial charge in [-0.05, 0) is 20.0 Å². The third kappa shape index (κ3) is 3.02. The van der Waals surface area contributed by atoms with Crippen molar-refractivity contribution in [2.75, 3.05) is 33.2 Å². The van der Waals surface area contributed by atoms with Gasteiger partial charge in [-0.15, -0.1) is 11.3 Å². The second kappa shape index (κ2) is 6.36. The number of rotatable bonds is 2. The van der Waals surface area contributed by atoms with E-state index in [0.717, 1.165) is 47.3 Å². The van der Waals surface area contributed by atoms with Crippen molar-refractivity contribution >= 4 is 28.8 Å². The normalized spacial score (nSPS) is 16.0. The average Bonchev–Trinajstić information content (AvgIpc) is 2.89. The fraction of sp³-hybridized carbons (Fsp3) is 0.375. The number of hydrogen-bond donors (Lipinski definition) is 0. The largest absolute Gasteiger partial charge is 0.335 e. The zero-order valence-electron chi connectivity index (χ0n) is 12.7. The van der Waals surface area contributed by atoms with Crippen LogP contribution in [0.1, 0.15) is 15.4 Å². The lowest BCUT2D eigenvalue weighted by Gasteiger charge is -2.32. The summed E-state index contributed by atoms with van der Waals surface area (Å²) in [6.45, 7) is 5.27. The Kier molecular flexibility index (Phi) is 4.47. The van der Waals surface area contributed by atoms with Crippen LogP contribution in [0.3, 0.4) is 0 Å². The first-order valence-electron chi connectivity index (χ1n) is 7.26. The van der Waals surface area contributed by atoms with Gasteiger partial charge in [0.15, 0.2) is 0 Å². The highest BCUT2D eigenvalue weighted by atomic mass is 35.5. The van der Waals surface area contributed by atoms with E-state index in [4.69, 9.17) is 11.6 Å². The Hall–Kier alpha value is -1.43. The summed E-state index contributed by atoms with van der Waals surface area (Å²) < 4.78 is 0. The molecule has 116 valence electrons. The Balaban J connectivity index is 1.86. The van der Waals surface area contributed by atoms with Crippen LogP contribution in [-0.4, -0.2) is 53.9 Å². The van der Waals surface area contributed by atoms with E-state index in [1.54, 1.807) is 0 Å². The molecule has 1 aromatic heterocycles. The maximum absolute atomic E-state index is 12.7. The van der Waals surface area contributed by atoms with Crippen molar-refractivity contribution in [2.24, 2.45) is 0 Å². The molecule has 1 aliphatic heterocycles. The maximum atomic E-state index is 12.7. The van der Waals surface area contributed by atoms with Crippen LogP contribution in [0.15, 0.2) is 24.3 Å². The smallest absolute Gasteiger partial charge is 0.265 e. The Bertz CT molecular complexity index is 692. The molecule has 0 atom stereocenters. The average molecular weight is 336 g/mol. The summed E-state index contributed by atoms with van der Waals surface area (Å²) in [5.41, 5.74) is 1.67. The number of piperazine rings is 1. The minimum Gasteiger partial charge on any atom is -0.335 e. The first-order valence-corrected chi connectivity index (χ1v) is 8.46. The van der Waals surface area contributed by atoms with Crippen molar-refractivity contribution in [1.82, 2.24) is 14.8 Å². The first kappa shape index (κ1) is 15.5. The summed E-state index contributed by atoms with van der Waals surface area (Å²) in [7, 11) is 2.08. The molecule has 3 rings (SSSR count). The van der Waals surface area contributed by atoms with Gasteiger partial charge in [0.05, 0.1) is 10.7 Å². The summed E-state index contributed by atoms with van der Waals surface area (Å²) >= 11 is 7.66. The molecule has 2 aromatic rings. The van der Waals surface area contributed by atoms with Crippen molar-refractivity contribution in [1.29, 1.82) is 0 Å². The summed E-state index contributed by atoms with van der Waals surface area (Å²) in [4.78, 5) is 22.1. The maximum Gasteiger partial charge on any atom is 0.265 e. The van der Waals surface area contributed by atoms with Crippen molar-refractivity contribution in [3.63, 3.8) is 0 Å². The molecule has 1 aromatic carbocycles. The number of aromatic nitrogens is 1. The second-order valence-electron chi connectivity index (χ2n) is 5.51. The molecule has 0 spiro atoms. The van der Waals surface area contributed by atoms with Crippen LogP contribution in [0.4, 0.5) is 0 Å². The Labute approximate surface area is 139 Å². The zero-order chi connectivity index (χ0) is 15.7. The fourth-order valence-corrected chi connectivity index (χ4v) is 3.85. The molecule has 1 fully saturated rings. The van der Waals surface area contributed by atoms with E-state index in [9.17, 15) is 4.79 Å². The highest BCUT2D eigenvalue weighted by Gasteiger charge is 2.24. The molecule has 1 amide bonds. The molecule has 0 N–H and O–H groups in total. The van der Waals surface area contributed by atoms with E-state index in [1.165, 1.54) is 11.3 Å². The van der Waals surface area contributed by atoms with Gasteiger partial charge in [0.2, 0.25) is 0 Å². The first-order chi connectivity index (χ1) is 10.6. The molecule has 0 bridgehead atoms. The molecule has 22 heavy (non-hydrogen) atoms. The van der Waals surface area contributed by atoms with Crippen molar-refractivity contribution in [2.45, 2.75) is 6.92 Å². The number of nitrogens with zero attached hydrogens (tertiary/aromatic N) is 3. The van der Waals surface area contributed by atoms with Crippen LogP contribution < -0.4 is 0 Å². The topological polar surface area (TPSA) is 36.4 Å². The number of likely N-dealkylation sites (N-methyl/N-ethyl adjacent to an activating group) is 1. The SMILES string of the molecule is Cc1nc(-c2ccccc2Cl)sc1C(=O)N1CCN(C)CC1. The minimum absolute atomic E-state index is 0.0846. The van der Waals surface area contributed by atoms with Gasteiger partial charge in [-0.2, -0.15) is 0 Å². The molecule has 6 heteroatoms. The highest BCUT2D eigenvalue weighted by Crippen LogP contribution is 2.33. The van der Waals surface area contributed by atoms with E-state index in [1.807, 2.05) is 36.1 Å². The summed E-state index contributed by atoms with van der Waals surface area (Å²) in [6.07, 6.45) is 0. The highest BCUT2D eigenvalue weighted by molar-refractivity contribution is 7.17. The van der Waals surface area contributed by atoms with E-state index < -0.39 is 0 Å². The quantitative estimate of drug-likeness (QED) is 0.846. The number of benzene rings is 1. The molecule has 1 aliphatic rings. The van der Waals surface area contributed by atoms with Crippen LogP contribution in [-0.2, 0) is 0 Å². The molecule has 0 aliphatic carbocycles. The van der Waals surface area contributed by atoms with Crippen LogP contribution in [0.25, 0.3) is 10.6 Å². The number of halogens is 1. The van der Waals surface area contributed by atoms with Crippen LogP contribution in [0.5, 0.6) is 0 Å². The Morgan fingerprint density at radius 2 is 1.91 bits per heavy atom. The molecule has 2 heterocycles. The molecule has 0 unspecified atom stereocenters. The lowest BCUT2D eigenvalue weighted by atomic mass is 10.2. The van der Waals surface area contributed by atoms with Gasteiger partial charge in [0.25, 0.3) is 5.91 Å². The van der Waals surface area contributed by atoms with Gasteiger partial charge in [-0.3, -0.25) is 4.79 Å². The van der Waals surface area contributed by atoms with Crippen molar-refractivity contribution in [3.05, 3.63) is 39.9 Å². The van der Waals surface area contributed by atoms with Gasteiger partial charge >= 0.3 is 0 Å². The number of hydrogen-bond acceptors (Lipinski definition) is 4. The van der Waals surface area contributed by atoms with Gasteiger partial charge in [0, 0.05) is 31.7 Å². The minimum atomic E-state index is 0.0846. The predicted molar refractivity (Wildman–Crippen MR) is 90.7 cm³/mol. The Morgan fingerprint density at radius 3 is 2.59 bits per heavy atom.